The summed E-state index contributed by atoms with van der Waals surface area (Å²) in [6.45, 7) is 4.15. The van der Waals surface area contributed by atoms with Crippen LogP contribution in [0.15, 0.2) is 30.3 Å². The first-order valence-corrected chi connectivity index (χ1v) is 9.54. The number of rotatable bonds is 8. The Balaban J connectivity index is 1.75. The van der Waals surface area contributed by atoms with Gasteiger partial charge in [0.15, 0.2) is 23.0 Å². The summed E-state index contributed by atoms with van der Waals surface area (Å²) < 4.78 is 27.3. The predicted molar refractivity (Wildman–Crippen MR) is 108 cm³/mol. The number of carbonyl (C=O) groups is 1. The van der Waals surface area contributed by atoms with Gasteiger partial charge in [0.05, 0.1) is 27.8 Å². The maximum Gasteiger partial charge on any atom is 0.227 e. The van der Waals surface area contributed by atoms with Gasteiger partial charge < -0.3 is 28.6 Å². The number of benzene rings is 2. The van der Waals surface area contributed by atoms with Gasteiger partial charge in [-0.05, 0) is 42.3 Å². The van der Waals surface area contributed by atoms with Crippen molar-refractivity contribution in [3.05, 3.63) is 41.5 Å². The molecule has 1 aliphatic rings. The lowest BCUT2D eigenvalue weighted by atomic mass is 10.1. The van der Waals surface area contributed by atoms with E-state index in [1.54, 1.807) is 38.4 Å². The van der Waals surface area contributed by atoms with E-state index in [1.165, 1.54) is 0 Å². The zero-order chi connectivity index (χ0) is 20.8. The Morgan fingerprint density at radius 3 is 2.17 bits per heavy atom. The van der Waals surface area contributed by atoms with Crippen LogP contribution in [-0.2, 0) is 17.8 Å². The molecule has 156 valence electrons. The van der Waals surface area contributed by atoms with Crippen molar-refractivity contribution in [1.82, 2.24) is 4.90 Å². The lowest BCUT2D eigenvalue weighted by molar-refractivity contribution is -0.130. The molecule has 0 aliphatic carbocycles. The number of nitrogens with zero attached hydrogens (tertiary/aromatic N) is 1. The van der Waals surface area contributed by atoms with Crippen molar-refractivity contribution in [2.45, 2.75) is 19.9 Å². The van der Waals surface area contributed by atoms with Crippen LogP contribution in [0.3, 0.4) is 0 Å². The molecule has 1 amide bonds. The fraction of sp³-hybridized carbons (Fsp3) is 0.409. The molecule has 0 atom stereocenters. The first kappa shape index (κ1) is 20.6. The van der Waals surface area contributed by atoms with Gasteiger partial charge in [0, 0.05) is 13.1 Å². The highest BCUT2D eigenvalue weighted by Crippen LogP contribution is 2.38. The number of hydrogen-bond acceptors (Lipinski definition) is 6. The van der Waals surface area contributed by atoms with Crippen molar-refractivity contribution < 1.29 is 28.5 Å². The van der Waals surface area contributed by atoms with Gasteiger partial charge in [-0.1, -0.05) is 6.07 Å². The summed E-state index contributed by atoms with van der Waals surface area (Å²) in [5.74, 6) is 3.05. The molecule has 0 spiro atoms. The summed E-state index contributed by atoms with van der Waals surface area (Å²) in [4.78, 5) is 14.7. The summed E-state index contributed by atoms with van der Waals surface area (Å²) in [7, 11) is 4.67. The van der Waals surface area contributed by atoms with Gasteiger partial charge in [0.2, 0.25) is 11.7 Å². The normalized spacial score (nSPS) is 12.3. The van der Waals surface area contributed by atoms with Gasteiger partial charge in [-0.15, -0.1) is 0 Å². The van der Waals surface area contributed by atoms with Gasteiger partial charge in [0.1, 0.15) is 13.2 Å². The van der Waals surface area contributed by atoms with Gasteiger partial charge in [0.25, 0.3) is 0 Å². The Morgan fingerprint density at radius 1 is 0.931 bits per heavy atom. The monoisotopic (exact) mass is 401 g/mol. The largest absolute Gasteiger partial charge is 0.493 e. The fourth-order valence-corrected chi connectivity index (χ4v) is 3.31. The van der Waals surface area contributed by atoms with Crippen molar-refractivity contribution in [2.75, 3.05) is 41.1 Å². The molecule has 0 bridgehead atoms. The summed E-state index contributed by atoms with van der Waals surface area (Å²) in [5, 5.41) is 0. The summed E-state index contributed by atoms with van der Waals surface area (Å²) in [6.07, 6.45) is 0.231. The molecule has 2 aromatic rings. The summed E-state index contributed by atoms with van der Waals surface area (Å²) >= 11 is 0. The van der Waals surface area contributed by atoms with Crippen LogP contribution in [-0.4, -0.2) is 51.9 Å². The average Bonchev–Trinajstić information content (AvgIpc) is 2.76. The van der Waals surface area contributed by atoms with E-state index in [2.05, 4.69) is 0 Å². The standard InChI is InChI=1S/C22H27NO6/c1-5-23(14-15-6-7-17-18(10-15)29-9-8-28-17)21(24)13-16-11-19(25-2)22(27-4)20(12-16)26-3/h6-7,10-12H,5,8-9,13-14H2,1-4H3. The van der Waals surface area contributed by atoms with Crippen LogP contribution in [0.25, 0.3) is 0 Å². The molecular weight excluding hydrogens is 374 g/mol. The van der Waals surface area contributed by atoms with Crippen LogP contribution in [0, 0.1) is 0 Å². The number of methoxy groups -OCH3 is 3. The molecular formula is C22H27NO6. The van der Waals surface area contributed by atoms with Crippen molar-refractivity contribution in [3.8, 4) is 28.7 Å². The molecule has 0 saturated heterocycles. The average molecular weight is 401 g/mol. The maximum atomic E-state index is 12.9. The van der Waals surface area contributed by atoms with E-state index in [0.717, 1.165) is 22.6 Å². The number of likely N-dealkylation sites (N-methyl/N-ethyl adjacent to an activating group) is 1. The van der Waals surface area contributed by atoms with Crippen LogP contribution in [0.1, 0.15) is 18.1 Å². The first-order valence-electron chi connectivity index (χ1n) is 9.54. The molecule has 29 heavy (non-hydrogen) atoms. The molecule has 7 heteroatoms. The van der Waals surface area contributed by atoms with Crippen LogP contribution in [0.2, 0.25) is 0 Å². The molecule has 0 unspecified atom stereocenters. The van der Waals surface area contributed by atoms with E-state index in [0.29, 0.717) is 43.6 Å². The van der Waals surface area contributed by atoms with Gasteiger partial charge in [-0.25, -0.2) is 0 Å². The van der Waals surface area contributed by atoms with Crippen molar-refractivity contribution in [3.63, 3.8) is 0 Å². The molecule has 3 rings (SSSR count). The molecule has 1 heterocycles. The van der Waals surface area contributed by atoms with Gasteiger partial charge >= 0.3 is 0 Å². The Hall–Kier alpha value is -3.09. The van der Waals surface area contributed by atoms with E-state index < -0.39 is 0 Å². The van der Waals surface area contributed by atoms with Crippen LogP contribution >= 0.6 is 0 Å². The van der Waals surface area contributed by atoms with E-state index in [1.807, 2.05) is 25.1 Å². The molecule has 1 aliphatic heterocycles. The van der Waals surface area contributed by atoms with Crippen LogP contribution in [0.5, 0.6) is 28.7 Å². The highest BCUT2D eigenvalue weighted by atomic mass is 16.6. The Bertz CT molecular complexity index is 841. The van der Waals surface area contributed by atoms with E-state index in [9.17, 15) is 4.79 Å². The second kappa shape index (κ2) is 9.41. The second-order valence-corrected chi connectivity index (χ2v) is 6.60. The molecule has 7 nitrogen and oxygen atoms in total. The molecule has 0 aromatic heterocycles. The van der Waals surface area contributed by atoms with E-state index in [-0.39, 0.29) is 12.3 Å². The summed E-state index contributed by atoms with van der Waals surface area (Å²) in [6, 6.07) is 9.39. The molecule has 2 aromatic carbocycles. The van der Waals surface area contributed by atoms with E-state index >= 15 is 0 Å². The molecule has 0 radical (unpaired) electrons. The highest BCUT2D eigenvalue weighted by molar-refractivity contribution is 5.79. The number of amides is 1. The maximum absolute atomic E-state index is 12.9. The minimum Gasteiger partial charge on any atom is -0.493 e. The minimum atomic E-state index is 0.0108. The third kappa shape index (κ3) is 4.67. The van der Waals surface area contributed by atoms with Crippen molar-refractivity contribution in [1.29, 1.82) is 0 Å². The van der Waals surface area contributed by atoms with Gasteiger partial charge in [-0.2, -0.15) is 0 Å². The number of fused-ring (bicyclic) bond motifs is 1. The fourth-order valence-electron chi connectivity index (χ4n) is 3.31. The highest BCUT2D eigenvalue weighted by Gasteiger charge is 2.19. The number of ether oxygens (including phenoxy) is 5. The smallest absolute Gasteiger partial charge is 0.227 e. The van der Waals surface area contributed by atoms with Crippen molar-refractivity contribution >= 4 is 5.91 Å². The minimum absolute atomic E-state index is 0.0108. The second-order valence-electron chi connectivity index (χ2n) is 6.60. The lowest BCUT2D eigenvalue weighted by Gasteiger charge is -2.23. The van der Waals surface area contributed by atoms with Crippen molar-refractivity contribution in [2.24, 2.45) is 0 Å². The number of hydrogen-bond donors (Lipinski definition) is 0. The molecule has 0 N–H and O–H groups in total. The van der Waals surface area contributed by atoms with Crippen LogP contribution in [0.4, 0.5) is 0 Å². The third-order valence-corrected chi connectivity index (χ3v) is 4.79. The third-order valence-electron chi connectivity index (χ3n) is 4.79. The predicted octanol–water partition coefficient (Wildman–Crippen LogP) is 3.07. The first-order chi connectivity index (χ1) is 14.1. The quantitative estimate of drug-likeness (QED) is 0.677. The Kier molecular flexibility index (Phi) is 6.69. The summed E-state index contributed by atoms with van der Waals surface area (Å²) in [5.41, 5.74) is 1.79. The Labute approximate surface area is 171 Å². The molecule has 0 saturated carbocycles. The Morgan fingerprint density at radius 2 is 1.59 bits per heavy atom. The molecule has 0 fully saturated rings. The zero-order valence-electron chi connectivity index (χ0n) is 17.3. The lowest BCUT2D eigenvalue weighted by Crippen LogP contribution is -2.31. The SMILES string of the molecule is CCN(Cc1ccc2c(c1)OCCO2)C(=O)Cc1cc(OC)c(OC)c(OC)c1. The number of carbonyl (C=O) groups excluding carboxylic acids is 1. The van der Waals surface area contributed by atoms with E-state index in [4.69, 9.17) is 23.7 Å². The van der Waals surface area contributed by atoms with Crippen LogP contribution < -0.4 is 23.7 Å². The topological polar surface area (TPSA) is 66.5 Å². The zero-order valence-corrected chi connectivity index (χ0v) is 17.3. The van der Waals surface area contributed by atoms with Gasteiger partial charge in [-0.3, -0.25) is 4.79 Å².